The Bertz CT molecular complexity index is 502. The standard InChI is InChI=1S/C11H16N6/c1-11(2)16-9(13)15-10(14)17(11)8-5-3-4-7(12)6-8/h3-6H,12H2,1-2H3,(H4,13,14,15,16). The number of guanidine groups is 2. The van der Waals surface area contributed by atoms with Crippen LogP contribution in [0.3, 0.4) is 0 Å². The summed E-state index contributed by atoms with van der Waals surface area (Å²) in [6.07, 6.45) is 0. The third kappa shape index (κ3) is 2.01. The van der Waals surface area contributed by atoms with Gasteiger partial charge in [0.05, 0.1) is 0 Å². The molecular weight excluding hydrogens is 216 g/mol. The number of nitrogens with zero attached hydrogens (tertiary/aromatic N) is 3. The van der Waals surface area contributed by atoms with E-state index < -0.39 is 5.66 Å². The first kappa shape index (κ1) is 11.3. The summed E-state index contributed by atoms with van der Waals surface area (Å²) in [5.41, 5.74) is 18.2. The van der Waals surface area contributed by atoms with Crippen LogP contribution in [0, 0.1) is 0 Å². The molecule has 1 aliphatic rings. The van der Waals surface area contributed by atoms with Gasteiger partial charge in [0.2, 0.25) is 11.9 Å². The summed E-state index contributed by atoms with van der Waals surface area (Å²) < 4.78 is 0. The zero-order chi connectivity index (χ0) is 12.6. The van der Waals surface area contributed by atoms with Gasteiger partial charge in [0.15, 0.2) is 0 Å². The Hall–Kier alpha value is -2.24. The van der Waals surface area contributed by atoms with E-state index in [0.29, 0.717) is 11.6 Å². The highest BCUT2D eigenvalue weighted by molar-refractivity contribution is 6.05. The number of hydrogen-bond acceptors (Lipinski definition) is 6. The molecule has 1 aromatic rings. The van der Waals surface area contributed by atoms with Crippen molar-refractivity contribution >= 4 is 23.3 Å². The molecule has 0 saturated carbocycles. The van der Waals surface area contributed by atoms with E-state index in [4.69, 9.17) is 17.2 Å². The van der Waals surface area contributed by atoms with Gasteiger partial charge in [0.1, 0.15) is 5.66 Å². The van der Waals surface area contributed by atoms with Gasteiger partial charge in [-0.15, -0.1) is 0 Å². The highest BCUT2D eigenvalue weighted by Crippen LogP contribution is 2.28. The Morgan fingerprint density at radius 1 is 1.18 bits per heavy atom. The van der Waals surface area contributed by atoms with Crippen LogP contribution in [0.1, 0.15) is 13.8 Å². The molecule has 6 heteroatoms. The van der Waals surface area contributed by atoms with Crippen molar-refractivity contribution < 1.29 is 0 Å². The van der Waals surface area contributed by atoms with Crippen molar-refractivity contribution in [2.24, 2.45) is 21.5 Å². The largest absolute Gasteiger partial charge is 0.399 e. The second-order valence-corrected chi connectivity index (χ2v) is 4.36. The van der Waals surface area contributed by atoms with Crippen LogP contribution in [-0.2, 0) is 0 Å². The molecule has 0 radical (unpaired) electrons. The van der Waals surface area contributed by atoms with Crippen molar-refractivity contribution in [2.45, 2.75) is 19.5 Å². The van der Waals surface area contributed by atoms with Gasteiger partial charge in [0, 0.05) is 11.4 Å². The summed E-state index contributed by atoms with van der Waals surface area (Å²) in [5.74, 6) is 0.501. The summed E-state index contributed by atoms with van der Waals surface area (Å²) in [5, 5.41) is 0. The maximum absolute atomic E-state index is 5.90. The van der Waals surface area contributed by atoms with E-state index in [1.165, 1.54) is 0 Å². The summed E-state index contributed by atoms with van der Waals surface area (Å²) >= 11 is 0. The van der Waals surface area contributed by atoms with Gasteiger partial charge in [-0.05, 0) is 32.0 Å². The minimum Gasteiger partial charge on any atom is -0.399 e. The molecule has 6 N–H and O–H groups in total. The van der Waals surface area contributed by atoms with Crippen molar-refractivity contribution in [2.75, 3.05) is 10.6 Å². The van der Waals surface area contributed by atoms with Crippen molar-refractivity contribution in [3.63, 3.8) is 0 Å². The number of hydrogen-bond donors (Lipinski definition) is 3. The van der Waals surface area contributed by atoms with Crippen LogP contribution >= 0.6 is 0 Å². The molecule has 1 heterocycles. The lowest BCUT2D eigenvalue weighted by atomic mass is 10.1. The van der Waals surface area contributed by atoms with E-state index in [0.717, 1.165) is 5.69 Å². The molecule has 0 spiro atoms. The molecule has 0 fully saturated rings. The van der Waals surface area contributed by atoms with Crippen LogP contribution in [0.4, 0.5) is 11.4 Å². The monoisotopic (exact) mass is 232 g/mol. The minimum absolute atomic E-state index is 0.188. The second kappa shape index (κ2) is 3.65. The number of nitrogen functional groups attached to an aromatic ring is 1. The molecule has 0 aromatic heterocycles. The molecule has 0 atom stereocenters. The van der Waals surface area contributed by atoms with Crippen LogP contribution in [0.25, 0.3) is 0 Å². The van der Waals surface area contributed by atoms with Gasteiger partial charge in [-0.25, -0.2) is 4.99 Å². The molecule has 6 nitrogen and oxygen atoms in total. The van der Waals surface area contributed by atoms with Gasteiger partial charge in [-0.2, -0.15) is 4.99 Å². The number of aliphatic imine (C=N–C) groups is 2. The van der Waals surface area contributed by atoms with Crippen molar-refractivity contribution in [1.82, 2.24) is 0 Å². The third-order valence-electron chi connectivity index (χ3n) is 2.52. The first-order chi connectivity index (χ1) is 7.90. The first-order valence-electron chi connectivity index (χ1n) is 5.25. The van der Waals surface area contributed by atoms with E-state index in [9.17, 15) is 0 Å². The average Bonchev–Trinajstić information content (AvgIpc) is 2.13. The van der Waals surface area contributed by atoms with Crippen LogP contribution in [0.5, 0.6) is 0 Å². The first-order valence-corrected chi connectivity index (χ1v) is 5.25. The molecule has 2 rings (SSSR count). The minimum atomic E-state index is -0.580. The summed E-state index contributed by atoms with van der Waals surface area (Å²) in [7, 11) is 0. The zero-order valence-electron chi connectivity index (χ0n) is 9.88. The fourth-order valence-corrected chi connectivity index (χ4v) is 1.92. The summed E-state index contributed by atoms with van der Waals surface area (Å²) in [6, 6.07) is 7.39. The predicted molar refractivity (Wildman–Crippen MR) is 70.7 cm³/mol. The molecule has 0 aliphatic carbocycles. The van der Waals surface area contributed by atoms with E-state index in [-0.39, 0.29) is 5.96 Å². The molecule has 0 bridgehead atoms. The molecule has 90 valence electrons. The maximum Gasteiger partial charge on any atom is 0.220 e. The Morgan fingerprint density at radius 2 is 1.88 bits per heavy atom. The lowest BCUT2D eigenvalue weighted by Crippen LogP contribution is -2.54. The smallest absolute Gasteiger partial charge is 0.220 e. The van der Waals surface area contributed by atoms with Crippen LogP contribution in [0.15, 0.2) is 34.3 Å². The van der Waals surface area contributed by atoms with Gasteiger partial charge in [-0.3, -0.25) is 4.90 Å². The predicted octanol–water partition coefficient (Wildman–Crippen LogP) is 0.454. The maximum atomic E-state index is 5.90. The lowest BCUT2D eigenvalue weighted by molar-refractivity contribution is 0.534. The Kier molecular flexibility index (Phi) is 2.42. The Morgan fingerprint density at radius 3 is 2.47 bits per heavy atom. The molecule has 1 aromatic carbocycles. The Labute approximate surface area is 99.8 Å². The highest BCUT2D eigenvalue weighted by atomic mass is 15.4. The van der Waals surface area contributed by atoms with Gasteiger partial charge in [0.25, 0.3) is 0 Å². The molecule has 17 heavy (non-hydrogen) atoms. The number of rotatable bonds is 1. The molecule has 0 saturated heterocycles. The van der Waals surface area contributed by atoms with Crippen molar-refractivity contribution in [1.29, 1.82) is 0 Å². The van der Waals surface area contributed by atoms with E-state index >= 15 is 0 Å². The van der Waals surface area contributed by atoms with Crippen molar-refractivity contribution in [3.8, 4) is 0 Å². The van der Waals surface area contributed by atoms with Crippen LogP contribution in [0.2, 0.25) is 0 Å². The fraction of sp³-hybridized carbons (Fsp3) is 0.273. The number of nitrogens with two attached hydrogens (primary N) is 3. The zero-order valence-corrected chi connectivity index (χ0v) is 9.88. The quantitative estimate of drug-likeness (QED) is 0.611. The van der Waals surface area contributed by atoms with Gasteiger partial charge in [-0.1, -0.05) is 6.07 Å². The average molecular weight is 232 g/mol. The molecule has 0 unspecified atom stereocenters. The topological polar surface area (TPSA) is 106 Å². The normalized spacial score (nSPS) is 18.6. The van der Waals surface area contributed by atoms with Gasteiger partial charge >= 0.3 is 0 Å². The summed E-state index contributed by atoms with van der Waals surface area (Å²) in [4.78, 5) is 10.0. The van der Waals surface area contributed by atoms with E-state index in [1.807, 2.05) is 38.1 Å². The SMILES string of the molecule is CC1(C)N=C(N)N=C(N)N1c1cccc(N)c1. The second-order valence-electron chi connectivity index (χ2n) is 4.36. The number of benzene rings is 1. The molecular formula is C11H16N6. The van der Waals surface area contributed by atoms with E-state index in [2.05, 4.69) is 9.98 Å². The fourth-order valence-electron chi connectivity index (χ4n) is 1.92. The molecule has 0 amide bonds. The Balaban J connectivity index is 2.49. The lowest BCUT2D eigenvalue weighted by Gasteiger charge is -2.38. The highest BCUT2D eigenvalue weighted by Gasteiger charge is 2.32. The third-order valence-corrected chi connectivity index (χ3v) is 2.52. The van der Waals surface area contributed by atoms with Crippen molar-refractivity contribution in [3.05, 3.63) is 24.3 Å². The van der Waals surface area contributed by atoms with E-state index in [1.54, 1.807) is 4.90 Å². The van der Waals surface area contributed by atoms with Crippen LogP contribution in [-0.4, -0.2) is 17.6 Å². The van der Waals surface area contributed by atoms with Gasteiger partial charge < -0.3 is 17.2 Å². The summed E-state index contributed by atoms with van der Waals surface area (Å²) in [6.45, 7) is 3.81. The van der Waals surface area contributed by atoms with Crippen LogP contribution < -0.4 is 22.1 Å². The molecule has 1 aliphatic heterocycles. The number of anilines is 2.